The average Bonchev–Trinajstić information content (AvgIpc) is 3.51. The lowest BCUT2D eigenvalue weighted by Gasteiger charge is -2.09. The lowest BCUT2D eigenvalue weighted by Crippen LogP contribution is -2.09. The minimum Gasteiger partial charge on any atom is -0.493 e. The first-order chi connectivity index (χ1) is 15.3. The van der Waals surface area contributed by atoms with Crippen molar-refractivity contribution in [1.29, 1.82) is 0 Å². The number of nitrogens with one attached hydrogen (secondary N) is 1. The zero-order chi connectivity index (χ0) is 22.7. The first-order valence-electron chi connectivity index (χ1n) is 10.3. The molecule has 1 N–H and O–H groups in total. The van der Waals surface area contributed by atoms with Gasteiger partial charge in [-0.1, -0.05) is 18.2 Å². The molecule has 1 aliphatic rings. The van der Waals surface area contributed by atoms with Crippen molar-refractivity contribution in [1.82, 2.24) is 9.78 Å². The molecule has 1 aromatic heterocycles. The summed E-state index contributed by atoms with van der Waals surface area (Å²) < 4.78 is 46.2. The Morgan fingerprint density at radius 1 is 1.19 bits per heavy atom. The Kier molecular flexibility index (Phi) is 6.03. The van der Waals surface area contributed by atoms with Crippen molar-refractivity contribution in [3.8, 4) is 11.4 Å². The summed E-state index contributed by atoms with van der Waals surface area (Å²) >= 11 is 0. The molecule has 0 saturated heterocycles. The Labute approximate surface area is 183 Å². The Bertz CT molecular complexity index is 1130. The van der Waals surface area contributed by atoms with Gasteiger partial charge in [0.05, 0.1) is 12.3 Å². The van der Waals surface area contributed by atoms with Gasteiger partial charge in [0.2, 0.25) is 5.91 Å². The molecule has 1 fully saturated rings. The van der Waals surface area contributed by atoms with E-state index < -0.39 is 11.9 Å². The van der Waals surface area contributed by atoms with Crippen LogP contribution in [-0.2, 0) is 11.0 Å². The SMILES string of the molecule is CCOc1ccccc1C=CC(=O)Nc1ccc(-n2nc(C(F)(F)F)cc2C2CC2)cc1. The van der Waals surface area contributed by atoms with Gasteiger partial charge in [0.15, 0.2) is 5.69 Å². The number of aromatic nitrogens is 2. The van der Waals surface area contributed by atoms with Crippen molar-refractivity contribution in [2.45, 2.75) is 31.9 Å². The number of amides is 1. The molecule has 32 heavy (non-hydrogen) atoms. The summed E-state index contributed by atoms with van der Waals surface area (Å²) in [7, 11) is 0. The van der Waals surface area contributed by atoms with Gasteiger partial charge in [-0.15, -0.1) is 0 Å². The van der Waals surface area contributed by atoms with Crippen molar-refractivity contribution in [3.05, 3.63) is 77.6 Å². The fraction of sp³-hybridized carbons (Fsp3) is 0.250. The Hall–Kier alpha value is -3.55. The number of para-hydroxylation sites is 1. The molecule has 0 atom stereocenters. The Balaban J connectivity index is 1.47. The standard InChI is InChI=1S/C24H22F3N3O2/c1-2-32-21-6-4-3-5-17(21)9-14-23(31)28-18-10-12-19(13-11-18)30-20(16-7-8-16)15-22(29-30)24(25,26)27/h3-6,9-16H,2,7-8H2,1H3,(H,28,31). The fourth-order valence-electron chi connectivity index (χ4n) is 3.35. The average molecular weight is 441 g/mol. The third-order valence-corrected chi connectivity index (χ3v) is 5.04. The number of anilines is 1. The summed E-state index contributed by atoms with van der Waals surface area (Å²) in [5.41, 5.74) is 1.49. The van der Waals surface area contributed by atoms with Crippen LogP contribution >= 0.6 is 0 Å². The number of alkyl halides is 3. The normalized spacial score (nSPS) is 14.0. The van der Waals surface area contributed by atoms with Crippen molar-refractivity contribution >= 4 is 17.7 Å². The number of halogens is 3. The van der Waals surface area contributed by atoms with Gasteiger partial charge < -0.3 is 10.1 Å². The van der Waals surface area contributed by atoms with Crippen LogP contribution in [0.15, 0.2) is 60.7 Å². The number of benzene rings is 2. The van der Waals surface area contributed by atoms with Gasteiger partial charge in [-0.05, 0) is 62.2 Å². The third kappa shape index (κ3) is 5.01. The highest BCUT2D eigenvalue weighted by Gasteiger charge is 2.38. The first-order valence-corrected chi connectivity index (χ1v) is 10.3. The van der Waals surface area contributed by atoms with Crippen molar-refractivity contribution in [2.75, 3.05) is 11.9 Å². The van der Waals surface area contributed by atoms with E-state index in [9.17, 15) is 18.0 Å². The number of carbonyl (C=O) groups is 1. The van der Waals surface area contributed by atoms with Gasteiger partial charge in [-0.3, -0.25) is 4.79 Å². The molecule has 0 aliphatic heterocycles. The van der Waals surface area contributed by atoms with E-state index in [1.807, 2.05) is 31.2 Å². The number of hydrogen-bond acceptors (Lipinski definition) is 3. The molecule has 4 rings (SSSR count). The monoisotopic (exact) mass is 441 g/mol. The van der Waals surface area contributed by atoms with E-state index in [2.05, 4.69) is 10.4 Å². The van der Waals surface area contributed by atoms with E-state index in [0.29, 0.717) is 29.4 Å². The van der Waals surface area contributed by atoms with Crippen LogP contribution in [0.25, 0.3) is 11.8 Å². The molecule has 1 aliphatic carbocycles. The highest BCUT2D eigenvalue weighted by Crippen LogP contribution is 2.43. The number of ether oxygens (including phenoxy) is 1. The van der Waals surface area contributed by atoms with Crippen LogP contribution in [-0.4, -0.2) is 22.3 Å². The molecule has 166 valence electrons. The molecule has 0 spiro atoms. The molecule has 0 radical (unpaired) electrons. The lowest BCUT2D eigenvalue weighted by molar-refractivity contribution is -0.141. The molecule has 5 nitrogen and oxygen atoms in total. The van der Waals surface area contributed by atoms with E-state index in [-0.39, 0.29) is 11.8 Å². The minimum absolute atomic E-state index is 0.0997. The molecule has 2 aromatic carbocycles. The molecular formula is C24H22F3N3O2. The second-order valence-corrected chi connectivity index (χ2v) is 7.48. The maximum Gasteiger partial charge on any atom is 0.435 e. The van der Waals surface area contributed by atoms with Crippen LogP contribution < -0.4 is 10.1 Å². The summed E-state index contributed by atoms with van der Waals surface area (Å²) in [4.78, 5) is 12.3. The van der Waals surface area contributed by atoms with Gasteiger partial charge in [0, 0.05) is 28.9 Å². The van der Waals surface area contributed by atoms with Crippen molar-refractivity contribution in [2.24, 2.45) is 0 Å². The van der Waals surface area contributed by atoms with Crippen LogP contribution in [0.3, 0.4) is 0 Å². The van der Waals surface area contributed by atoms with E-state index in [1.165, 1.54) is 10.8 Å². The van der Waals surface area contributed by atoms with Gasteiger partial charge in [0.1, 0.15) is 5.75 Å². The topological polar surface area (TPSA) is 56.1 Å². The maximum atomic E-state index is 13.1. The predicted molar refractivity (Wildman–Crippen MR) is 116 cm³/mol. The molecule has 1 heterocycles. The predicted octanol–water partition coefficient (Wildman–Crippen LogP) is 5.82. The summed E-state index contributed by atoms with van der Waals surface area (Å²) in [5, 5.41) is 6.52. The summed E-state index contributed by atoms with van der Waals surface area (Å²) in [6.07, 6.45) is 0.292. The molecule has 3 aromatic rings. The second kappa shape index (κ2) is 8.90. The van der Waals surface area contributed by atoms with Crippen LogP contribution in [0.4, 0.5) is 18.9 Å². The zero-order valence-electron chi connectivity index (χ0n) is 17.4. The molecular weight excluding hydrogens is 419 g/mol. The van der Waals surface area contributed by atoms with Crippen LogP contribution in [0, 0.1) is 0 Å². The summed E-state index contributed by atoms with van der Waals surface area (Å²) in [6, 6.07) is 15.1. The zero-order valence-corrected chi connectivity index (χ0v) is 17.4. The van der Waals surface area contributed by atoms with Gasteiger partial charge in [-0.25, -0.2) is 4.68 Å². The number of nitrogens with zero attached hydrogens (tertiary/aromatic N) is 2. The van der Waals surface area contributed by atoms with Crippen LogP contribution in [0.1, 0.15) is 42.6 Å². The number of carbonyl (C=O) groups excluding carboxylic acids is 1. The first kappa shape index (κ1) is 21.7. The van der Waals surface area contributed by atoms with E-state index in [0.717, 1.165) is 24.5 Å². The molecule has 8 heteroatoms. The Morgan fingerprint density at radius 3 is 2.56 bits per heavy atom. The summed E-state index contributed by atoms with van der Waals surface area (Å²) in [5.74, 6) is 0.455. The molecule has 1 amide bonds. The number of rotatable bonds is 7. The molecule has 0 bridgehead atoms. The largest absolute Gasteiger partial charge is 0.493 e. The highest BCUT2D eigenvalue weighted by molar-refractivity contribution is 6.02. The highest BCUT2D eigenvalue weighted by atomic mass is 19.4. The minimum atomic E-state index is -4.49. The quantitative estimate of drug-likeness (QED) is 0.470. The van der Waals surface area contributed by atoms with Crippen LogP contribution in [0.5, 0.6) is 5.75 Å². The maximum absolute atomic E-state index is 13.1. The van der Waals surface area contributed by atoms with E-state index in [4.69, 9.17) is 4.74 Å². The third-order valence-electron chi connectivity index (χ3n) is 5.04. The van der Waals surface area contributed by atoms with Crippen molar-refractivity contribution < 1.29 is 22.7 Å². The Morgan fingerprint density at radius 2 is 1.91 bits per heavy atom. The summed E-state index contributed by atoms with van der Waals surface area (Å²) in [6.45, 7) is 2.41. The fourth-order valence-corrected chi connectivity index (χ4v) is 3.35. The second-order valence-electron chi connectivity index (χ2n) is 7.48. The molecule has 1 saturated carbocycles. The van der Waals surface area contributed by atoms with Crippen molar-refractivity contribution in [3.63, 3.8) is 0 Å². The smallest absolute Gasteiger partial charge is 0.435 e. The van der Waals surface area contributed by atoms with Crippen LogP contribution in [0.2, 0.25) is 0 Å². The van der Waals surface area contributed by atoms with Gasteiger partial charge in [-0.2, -0.15) is 18.3 Å². The van der Waals surface area contributed by atoms with E-state index in [1.54, 1.807) is 30.3 Å². The van der Waals surface area contributed by atoms with Gasteiger partial charge >= 0.3 is 6.18 Å². The lowest BCUT2D eigenvalue weighted by atomic mass is 10.2. The van der Waals surface area contributed by atoms with E-state index >= 15 is 0 Å². The number of hydrogen-bond donors (Lipinski definition) is 1. The van der Waals surface area contributed by atoms with Gasteiger partial charge in [0.25, 0.3) is 0 Å². The molecule has 0 unspecified atom stereocenters.